The number of halogens is 1. The number of rotatable bonds is 7. The van der Waals surface area contributed by atoms with Crippen molar-refractivity contribution in [2.45, 2.75) is 39.4 Å². The molecule has 0 spiro atoms. The lowest BCUT2D eigenvalue weighted by Crippen LogP contribution is -2.42. The summed E-state index contributed by atoms with van der Waals surface area (Å²) in [5, 5.41) is 12.8. The summed E-state index contributed by atoms with van der Waals surface area (Å²) in [4.78, 5) is 15.2. The quantitative estimate of drug-likeness (QED) is 0.439. The Morgan fingerprint density at radius 1 is 1.26 bits per heavy atom. The van der Waals surface area contributed by atoms with Gasteiger partial charge in [-0.1, -0.05) is 0 Å². The van der Waals surface area contributed by atoms with Crippen molar-refractivity contribution in [3.05, 3.63) is 70.2 Å². The van der Waals surface area contributed by atoms with E-state index in [9.17, 15) is 9.18 Å². The largest absolute Gasteiger partial charge is 0.478 e. The van der Waals surface area contributed by atoms with Crippen LogP contribution in [0.15, 0.2) is 70.2 Å². The van der Waals surface area contributed by atoms with Crippen molar-refractivity contribution >= 4 is 5.91 Å². The summed E-state index contributed by atoms with van der Waals surface area (Å²) < 4.78 is 25.8. The van der Waals surface area contributed by atoms with Crippen molar-refractivity contribution in [2.75, 3.05) is 46.0 Å². The molecule has 0 aromatic carbocycles. The molecule has 0 aliphatic carbocycles. The molecule has 9 heteroatoms. The molecule has 4 N–H and O–H groups in total. The van der Waals surface area contributed by atoms with Crippen molar-refractivity contribution < 1.29 is 18.7 Å². The molecule has 35 heavy (non-hydrogen) atoms. The van der Waals surface area contributed by atoms with E-state index < -0.39 is 11.7 Å². The first kappa shape index (κ1) is 24.9. The second kappa shape index (κ2) is 10.6. The van der Waals surface area contributed by atoms with Crippen molar-refractivity contribution in [3.63, 3.8) is 0 Å². The Labute approximate surface area is 206 Å². The fraction of sp³-hybridized carbons (Fsp3) is 0.500. The number of dihydropyridines is 3. The number of hydrogen-bond donors (Lipinski definition) is 4. The van der Waals surface area contributed by atoms with Crippen LogP contribution in [-0.2, 0) is 14.3 Å². The van der Waals surface area contributed by atoms with E-state index in [2.05, 4.69) is 32.2 Å². The van der Waals surface area contributed by atoms with Gasteiger partial charge in [-0.05, 0) is 69.3 Å². The van der Waals surface area contributed by atoms with E-state index in [-0.39, 0.29) is 5.91 Å². The van der Waals surface area contributed by atoms with Gasteiger partial charge < -0.3 is 35.6 Å². The molecule has 1 atom stereocenters. The summed E-state index contributed by atoms with van der Waals surface area (Å²) in [5.74, 6) is 0.528. The Balaban J connectivity index is 1.55. The van der Waals surface area contributed by atoms with Crippen LogP contribution in [0.2, 0.25) is 0 Å². The Morgan fingerprint density at radius 3 is 2.74 bits per heavy atom. The van der Waals surface area contributed by atoms with Crippen LogP contribution in [0.3, 0.4) is 0 Å². The van der Waals surface area contributed by atoms with Gasteiger partial charge in [-0.2, -0.15) is 0 Å². The fourth-order valence-corrected chi connectivity index (χ4v) is 4.39. The van der Waals surface area contributed by atoms with Gasteiger partial charge in [0.2, 0.25) is 5.88 Å². The Kier molecular flexibility index (Phi) is 7.54. The number of hydrogen-bond acceptors (Lipinski definition) is 7. The fourth-order valence-electron chi connectivity index (χ4n) is 4.39. The number of morpholine rings is 1. The number of carbonyl (C=O) groups is 1. The number of amides is 1. The maximum absolute atomic E-state index is 14.4. The van der Waals surface area contributed by atoms with Crippen molar-refractivity contribution in [1.29, 1.82) is 0 Å². The third kappa shape index (κ3) is 5.90. The van der Waals surface area contributed by atoms with Crippen LogP contribution in [0.1, 0.15) is 27.7 Å². The first-order valence-corrected chi connectivity index (χ1v) is 12.2. The molecule has 0 radical (unpaired) electrons. The summed E-state index contributed by atoms with van der Waals surface area (Å²) in [6.07, 6.45) is 9.11. The predicted octanol–water partition coefficient (Wildman–Crippen LogP) is 2.09. The average molecular weight is 486 g/mol. The SMILES string of the molecule is CCOC1=C(N2CCOCC2)C=C(C2=C(C)NCC(NC(=O)C3=CC(C(C)(C)F)NC=C3)=C2)CN1. The monoisotopic (exact) mass is 485 g/mol. The van der Waals surface area contributed by atoms with Gasteiger partial charge >= 0.3 is 0 Å². The van der Waals surface area contributed by atoms with Gasteiger partial charge in [-0.25, -0.2) is 4.39 Å². The molecule has 4 aliphatic rings. The number of ether oxygens (including phenoxy) is 2. The Hall–Kier alpha value is -3.20. The van der Waals surface area contributed by atoms with Crippen LogP contribution in [0.5, 0.6) is 0 Å². The molecule has 0 aromatic rings. The zero-order valence-electron chi connectivity index (χ0n) is 21.0. The molecular formula is C26H36FN5O3. The lowest BCUT2D eigenvalue weighted by atomic mass is 9.95. The number of nitrogens with zero attached hydrogens (tertiary/aromatic N) is 1. The van der Waals surface area contributed by atoms with Gasteiger partial charge in [0.25, 0.3) is 5.91 Å². The first-order chi connectivity index (χ1) is 16.8. The maximum atomic E-state index is 14.4. The molecule has 4 aliphatic heterocycles. The molecule has 8 nitrogen and oxygen atoms in total. The maximum Gasteiger partial charge on any atom is 0.255 e. The van der Waals surface area contributed by atoms with Crippen LogP contribution in [-0.4, -0.2) is 68.5 Å². The highest BCUT2D eigenvalue weighted by Crippen LogP contribution is 2.27. The Morgan fingerprint density at radius 2 is 2.03 bits per heavy atom. The van der Waals surface area contributed by atoms with Crippen LogP contribution in [0.4, 0.5) is 4.39 Å². The van der Waals surface area contributed by atoms with Crippen LogP contribution < -0.4 is 21.3 Å². The highest BCUT2D eigenvalue weighted by atomic mass is 19.1. The molecule has 1 amide bonds. The smallest absolute Gasteiger partial charge is 0.255 e. The second-order valence-corrected chi connectivity index (χ2v) is 9.45. The van der Waals surface area contributed by atoms with Gasteiger partial charge in [0.1, 0.15) is 5.67 Å². The molecular weight excluding hydrogens is 449 g/mol. The summed E-state index contributed by atoms with van der Waals surface area (Å²) in [6, 6.07) is -0.562. The molecule has 1 unspecified atom stereocenters. The predicted molar refractivity (Wildman–Crippen MR) is 133 cm³/mol. The molecule has 0 saturated carbocycles. The highest BCUT2D eigenvalue weighted by Gasteiger charge is 2.29. The molecule has 1 fully saturated rings. The normalized spacial score (nSPS) is 22.9. The van der Waals surface area contributed by atoms with E-state index in [1.807, 2.05) is 19.9 Å². The van der Waals surface area contributed by atoms with Crippen molar-refractivity contribution in [2.24, 2.45) is 0 Å². The first-order valence-electron chi connectivity index (χ1n) is 12.2. The Bertz CT molecular complexity index is 1030. The zero-order chi connectivity index (χ0) is 25.0. The van der Waals surface area contributed by atoms with Gasteiger partial charge in [0.15, 0.2) is 0 Å². The summed E-state index contributed by atoms with van der Waals surface area (Å²) in [7, 11) is 0. The average Bonchev–Trinajstić information content (AvgIpc) is 2.86. The molecule has 190 valence electrons. The highest BCUT2D eigenvalue weighted by molar-refractivity contribution is 5.97. The van der Waals surface area contributed by atoms with Crippen molar-refractivity contribution in [1.82, 2.24) is 26.2 Å². The molecule has 1 saturated heterocycles. The van der Waals surface area contributed by atoms with Crippen LogP contribution >= 0.6 is 0 Å². The standard InChI is InChI=1S/C26H36FN5O3/c1-5-35-25-22(32-8-10-34-11-9-32)12-19(15-30-25)21-14-20(16-29-17(21)2)31-24(33)18-6-7-28-23(13-18)26(3,4)27/h6-7,12-14,23,28-30H,5,8-11,15-16H2,1-4H3,(H,31,33). The van der Waals surface area contributed by atoms with E-state index in [1.165, 1.54) is 13.8 Å². The number of alkyl halides is 1. The molecule has 0 aromatic heterocycles. The van der Waals surface area contributed by atoms with Crippen LogP contribution in [0, 0.1) is 0 Å². The van der Waals surface area contributed by atoms with E-state index >= 15 is 0 Å². The third-order valence-corrected chi connectivity index (χ3v) is 6.40. The number of allylic oxidation sites excluding steroid dienone is 3. The van der Waals surface area contributed by atoms with Crippen molar-refractivity contribution in [3.8, 4) is 0 Å². The minimum atomic E-state index is -1.48. The lowest BCUT2D eigenvalue weighted by Gasteiger charge is -2.34. The topological polar surface area (TPSA) is 86.9 Å². The molecule has 4 heterocycles. The number of nitrogens with one attached hydrogen (secondary N) is 4. The lowest BCUT2D eigenvalue weighted by molar-refractivity contribution is -0.116. The van der Waals surface area contributed by atoms with Gasteiger partial charge in [0, 0.05) is 36.6 Å². The summed E-state index contributed by atoms with van der Waals surface area (Å²) in [5.41, 5.74) is 3.90. The molecule has 0 bridgehead atoms. The summed E-state index contributed by atoms with van der Waals surface area (Å²) >= 11 is 0. The van der Waals surface area contributed by atoms with Gasteiger partial charge in [-0.15, -0.1) is 0 Å². The van der Waals surface area contributed by atoms with Gasteiger partial charge in [-0.3, -0.25) is 4.79 Å². The van der Waals surface area contributed by atoms with E-state index in [1.54, 1.807) is 18.4 Å². The second-order valence-electron chi connectivity index (χ2n) is 9.45. The minimum Gasteiger partial charge on any atom is -0.478 e. The molecule has 4 rings (SSSR count). The minimum absolute atomic E-state index is 0.257. The number of carbonyl (C=O) groups excluding carboxylic acids is 1. The van der Waals surface area contributed by atoms with E-state index in [0.29, 0.717) is 38.5 Å². The van der Waals surface area contributed by atoms with E-state index in [0.717, 1.165) is 47.2 Å². The van der Waals surface area contributed by atoms with E-state index in [4.69, 9.17) is 9.47 Å². The summed E-state index contributed by atoms with van der Waals surface area (Å²) in [6.45, 7) is 11.7. The third-order valence-electron chi connectivity index (χ3n) is 6.40. The van der Waals surface area contributed by atoms with Crippen LogP contribution in [0.25, 0.3) is 0 Å². The van der Waals surface area contributed by atoms with Gasteiger partial charge in [0.05, 0.1) is 38.1 Å². The zero-order valence-corrected chi connectivity index (χ0v) is 21.0.